The van der Waals surface area contributed by atoms with Gasteiger partial charge in [-0.05, 0) is 148 Å². The minimum absolute atomic E-state index is 1.13. The monoisotopic (exact) mass is 436 g/mol. The number of rotatable bonds is 2. The highest BCUT2D eigenvalue weighted by Crippen LogP contribution is 2.58. The van der Waals surface area contributed by atoms with E-state index in [9.17, 15) is 0 Å². The van der Waals surface area contributed by atoms with E-state index in [0.29, 0.717) is 0 Å². The molecule has 32 heavy (non-hydrogen) atoms. The Bertz CT molecular complexity index is 568. The van der Waals surface area contributed by atoms with Crippen LogP contribution in [0, 0.1) is 71.0 Å². The van der Waals surface area contributed by atoms with Crippen LogP contribution in [-0.2, 0) is 0 Å². The number of hydrogen-bond acceptors (Lipinski definition) is 0. The highest BCUT2D eigenvalue weighted by atomic mass is 14.5. The fourth-order valence-corrected chi connectivity index (χ4v) is 11.9. The number of hydrogen-bond donors (Lipinski definition) is 0. The van der Waals surface area contributed by atoms with Crippen LogP contribution in [0.2, 0.25) is 0 Å². The maximum atomic E-state index is 1.67. The van der Waals surface area contributed by atoms with E-state index in [1.807, 2.05) is 0 Å². The van der Waals surface area contributed by atoms with Crippen LogP contribution in [0.1, 0.15) is 128 Å². The molecule has 0 saturated heterocycles. The molecule has 0 aliphatic heterocycles. The molecule has 180 valence electrons. The van der Waals surface area contributed by atoms with E-state index in [2.05, 4.69) is 0 Å². The second-order valence-corrected chi connectivity index (χ2v) is 14.7. The maximum Gasteiger partial charge on any atom is -0.0380 e. The minimum Gasteiger partial charge on any atom is -0.0530 e. The summed E-state index contributed by atoms with van der Waals surface area (Å²) in [5, 5.41) is 0. The first-order chi connectivity index (χ1) is 15.8. The third-order valence-corrected chi connectivity index (χ3v) is 13.5. The van der Waals surface area contributed by atoms with Gasteiger partial charge in [0.15, 0.2) is 0 Å². The van der Waals surface area contributed by atoms with Gasteiger partial charge >= 0.3 is 0 Å². The molecule has 0 heterocycles. The highest BCUT2D eigenvalue weighted by Gasteiger charge is 2.47. The van der Waals surface area contributed by atoms with Gasteiger partial charge in [0.1, 0.15) is 0 Å². The standard InChI is InChI=1S/C32H52/c1-2-6-22-15-29(14-21(22)5-1)27-11-9-25-13-26-10-12-28(19-32(26)20-31(25)18-27)30-16-23-7-3-4-8-24(23)17-30/h21-32H,1-20H2. The summed E-state index contributed by atoms with van der Waals surface area (Å²) < 4.78 is 0. The molecule has 7 fully saturated rings. The second-order valence-electron chi connectivity index (χ2n) is 14.7. The first-order valence-electron chi connectivity index (χ1n) is 15.8. The molecule has 7 aliphatic rings. The van der Waals surface area contributed by atoms with Crippen LogP contribution in [0.3, 0.4) is 0 Å². The van der Waals surface area contributed by atoms with Crippen LogP contribution < -0.4 is 0 Å². The predicted octanol–water partition coefficient (Wildman–Crippen LogP) is 9.28. The van der Waals surface area contributed by atoms with Crippen molar-refractivity contribution in [2.24, 2.45) is 71.0 Å². The van der Waals surface area contributed by atoms with E-state index in [-0.39, 0.29) is 0 Å². The molecule has 0 bridgehead atoms. The molecule has 7 aliphatic carbocycles. The fourth-order valence-electron chi connectivity index (χ4n) is 11.9. The molecular formula is C32H52. The second kappa shape index (κ2) is 8.90. The van der Waals surface area contributed by atoms with Crippen LogP contribution in [0.4, 0.5) is 0 Å². The molecule has 10 unspecified atom stereocenters. The molecule has 0 N–H and O–H groups in total. The SMILES string of the molecule is C1CCC2CC(C3CCC4CC5CCC(C6CC7CCCCC7C6)CC5CC4C3)CC2C1. The summed E-state index contributed by atoms with van der Waals surface area (Å²) in [6, 6.07) is 0. The van der Waals surface area contributed by atoms with Gasteiger partial charge in [-0.1, -0.05) is 51.4 Å². The van der Waals surface area contributed by atoms with Gasteiger partial charge in [-0.3, -0.25) is 0 Å². The van der Waals surface area contributed by atoms with Crippen LogP contribution in [0.5, 0.6) is 0 Å². The first kappa shape index (κ1) is 21.3. The highest BCUT2D eigenvalue weighted by molar-refractivity contribution is 4.98. The zero-order valence-electron chi connectivity index (χ0n) is 21.1. The molecule has 0 heteroatoms. The van der Waals surface area contributed by atoms with Crippen LogP contribution >= 0.6 is 0 Å². The van der Waals surface area contributed by atoms with Gasteiger partial charge in [-0.2, -0.15) is 0 Å². The molecular weight excluding hydrogens is 384 g/mol. The van der Waals surface area contributed by atoms with E-state index in [4.69, 9.17) is 0 Å². The lowest BCUT2D eigenvalue weighted by atomic mass is 9.55. The van der Waals surface area contributed by atoms with E-state index in [0.717, 1.165) is 71.0 Å². The van der Waals surface area contributed by atoms with Gasteiger partial charge in [0.2, 0.25) is 0 Å². The Morgan fingerprint density at radius 2 is 0.375 bits per heavy atom. The minimum atomic E-state index is 1.13. The smallest absolute Gasteiger partial charge is 0.0380 e. The lowest BCUT2D eigenvalue weighted by Crippen LogP contribution is -2.40. The Morgan fingerprint density at radius 1 is 0.188 bits per heavy atom. The largest absolute Gasteiger partial charge is 0.0530 e. The summed E-state index contributed by atoms with van der Waals surface area (Å²) >= 11 is 0. The average molecular weight is 437 g/mol. The maximum absolute atomic E-state index is 1.67. The number of fused-ring (bicyclic) bond motifs is 4. The van der Waals surface area contributed by atoms with Crippen molar-refractivity contribution in [1.82, 2.24) is 0 Å². The zero-order chi connectivity index (χ0) is 21.1. The molecule has 0 spiro atoms. The quantitative estimate of drug-likeness (QED) is 0.404. The molecule has 0 radical (unpaired) electrons. The molecule has 0 aromatic carbocycles. The Balaban J connectivity index is 0.967. The Kier molecular flexibility index (Phi) is 5.92. The first-order valence-corrected chi connectivity index (χ1v) is 15.8. The lowest BCUT2D eigenvalue weighted by molar-refractivity contribution is 0.00244. The Morgan fingerprint density at radius 3 is 0.656 bits per heavy atom. The van der Waals surface area contributed by atoms with Gasteiger partial charge < -0.3 is 0 Å². The van der Waals surface area contributed by atoms with Crippen molar-refractivity contribution in [3.63, 3.8) is 0 Å². The molecule has 0 aromatic heterocycles. The van der Waals surface area contributed by atoms with Gasteiger partial charge in [0.25, 0.3) is 0 Å². The summed E-state index contributed by atoms with van der Waals surface area (Å²) in [7, 11) is 0. The van der Waals surface area contributed by atoms with Gasteiger partial charge in [0, 0.05) is 0 Å². The van der Waals surface area contributed by atoms with Gasteiger partial charge in [-0.15, -0.1) is 0 Å². The van der Waals surface area contributed by atoms with Crippen molar-refractivity contribution < 1.29 is 0 Å². The summed E-state index contributed by atoms with van der Waals surface area (Å²) in [6.45, 7) is 0. The molecule has 0 nitrogen and oxygen atoms in total. The molecule has 0 amide bonds. The average Bonchev–Trinajstić information content (AvgIpc) is 3.46. The summed E-state index contributed by atoms with van der Waals surface area (Å²) in [5.74, 6) is 13.7. The molecule has 7 saturated carbocycles. The normalized spacial score (nSPS) is 55.5. The van der Waals surface area contributed by atoms with Crippen molar-refractivity contribution >= 4 is 0 Å². The lowest BCUT2D eigenvalue weighted by Gasteiger charge is -2.50. The zero-order valence-corrected chi connectivity index (χ0v) is 21.1. The summed E-state index contributed by atoms with van der Waals surface area (Å²) in [4.78, 5) is 0. The Hall–Kier alpha value is 0. The van der Waals surface area contributed by atoms with E-state index in [1.165, 1.54) is 0 Å². The Labute approximate surface area is 199 Å². The van der Waals surface area contributed by atoms with E-state index < -0.39 is 0 Å². The van der Waals surface area contributed by atoms with E-state index >= 15 is 0 Å². The molecule has 7 rings (SSSR count). The van der Waals surface area contributed by atoms with Gasteiger partial charge in [-0.25, -0.2) is 0 Å². The fraction of sp³-hybridized carbons (Fsp3) is 1.00. The van der Waals surface area contributed by atoms with Crippen molar-refractivity contribution in [3.05, 3.63) is 0 Å². The van der Waals surface area contributed by atoms with Crippen molar-refractivity contribution in [2.45, 2.75) is 128 Å². The molecule has 0 aromatic rings. The van der Waals surface area contributed by atoms with E-state index in [1.54, 1.807) is 128 Å². The molecule has 10 atom stereocenters. The third-order valence-electron chi connectivity index (χ3n) is 13.5. The van der Waals surface area contributed by atoms with Crippen LogP contribution in [-0.4, -0.2) is 0 Å². The van der Waals surface area contributed by atoms with Gasteiger partial charge in [0.05, 0.1) is 0 Å². The third kappa shape index (κ3) is 3.94. The summed E-state index contributed by atoms with van der Waals surface area (Å²) in [6.07, 6.45) is 32.3. The van der Waals surface area contributed by atoms with Crippen molar-refractivity contribution in [3.8, 4) is 0 Å². The van der Waals surface area contributed by atoms with Crippen LogP contribution in [0.15, 0.2) is 0 Å². The topological polar surface area (TPSA) is 0 Å². The van der Waals surface area contributed by atoms with Crippen LogP contribution in [0.25, 0.3) is 0 Å². The van der Waals surface area contributed by atoms with Crippen molar-refractivity contribution in [1.29, 1.82) is 0 Å². The van der Waals surface area contributed by atoms with Crippen molar-refractivity contribution in [2.75, 3.05) is 0 Å². The summed E-state index contributed by atoms with van der Waals surface area (Å²) in [5.41, 5.74) is 0. The predicted molar refractivity (Wildman–Crippen MR) is 134 cm³/mol.